The molecular formula is C18H19Cl2N. The molecule has 1 unspecified atom stereocenters. The molecule has 0 aliphatic heterocycles. The van der Waals surface area contributed by atoms with Gasteiger partial charge in [0.2, 0.25) is 0 Å². The first kappa shape index (κ1) is 14.9. The van der Waals surface area contributed by atoms with E-state index in [-0.39, 0.29) is 11.5 Å². The highest BCUT2D eigenvalue weighted by molar-refractivity contribution is 6.35. The fraction of sp³-hybridized carbons (Fsp3) is 0.333. The van der Waals surface area contributed by atoms with Crippen molar-refractivity contribution in [3.8, 4) is 0 Å². The van der Waals surface area contributed by atoms with Gasteiger partial charge in [0, 0.05) is 21.5 Å². The van der Waals surface area contributed by atoms with E-state index in [9.17, 15) is 0 Å². The maximum absolute atomic E-state index is 6.59. The third-order valence-corrected chi connectivity index (χ3v) is 5.35. The Hall–Kier alpha value is -1.02. The maximum Gasteiger partial charge on any atom is 0.0453 e. The van der Waals surface area contributed by atoms with E-state index in [1.54, 1.807) is 6.07 Å². The molecule has 0 spiro atoms. The van der Waals surface area contributed by atoms with Crippen molar-refractivity contribution < 1.29 is 0 Å². The Bertz CT molecular complexity index is 620. The number of rotatable bonds is 4. The van der Waals surface area contributed by atoms with E-state index in [1.165, 1.54) is 12.0 Å². The third kappa shape index (κ3) is 2.83. The molecule has 0 amide bonds. The van der Waals surface area contributed by atoms with Crippen LogP contribution in [0.15, 0.2) is 48.5 Å². The van der Waals surface area contributed by atoms with Crippen LogP contribution in [0.25, 0.3) is 0 Å². The average molecular weight is 320 g/mol. The maximum atomic E-state index is 6.59. The normalized spacial score (nSPS) is 18.0. The summed E-state index contributed by atoms with van der Waals surface area (Å²) in [5.41, 5.74) is 9.13. The molecule has 21 heavy (non-hydrogen) atoms. The number of hydrogen-bond acceptors (Lipinski definition) is 1. The van der Waals surface area contributed by atoms with Gasteiger partial charge in [-0.15, -0.1) is 0 Å². The van der Waals surface area contributed by atoms with Crippen molar-refractivity contribution in [2.45, 2.75) is 37.1 Å². The van der Waals surface area contributed by atoms with Gasteiger partial charge in [0.05, 0.1) is 0 Å². The van der Waals surface area contributed by atoms with Crippen molar-refractivity contribution in [3.05, 3.63) is 69.7 Å². The van der Waals surface area contributed by atoms with Crippen LogP contribution in [-0.2, 0) is 11.8 Å². The first-order valence-electron chi connectivity index (χ1n) is 7.37. The van der Waals surface area contributed by atoms with Crippen LogP contribution < -0.4 is 5.73 Å². The van der Waals surface area contributed by atoms with Crippen LogP contribution in [0.2, 0.25) is 10.0 Å². The lowest BCUT2D eigenvalue weighted by Crippen LogP contribution is -2.51. The molecular weight excluding hydrogens is 301 g/mol. The largest absolute Gasteiger partial charge is 0.327 e. The number of hydrogen-bond donors (Lipinski definition) is 1. The van der Waals surface area contributed by atoms with Gasteiger partial charge in [0.25, 0.3) is 0 Å². The van der Waals surface area contributed by atoms with Crippen LogP contribution in [0.1, 0.15) is 30.4 Å². The Balaban J connectivity index is 1.85. The molecule has 1 atom stereocenters. The van der Waals surface area contributed by atoms with Crippen molar-refractivity contribution in [2.75, 3.05) is 0 Å². The van der Waals surface area contributed by atoms with Gasteiger partial charge in [0.15, 0.2) is 0 Å². The summed E-state index contributed by atoms with van der Waals surface area (Å²) in [6.45, 7) is 0. The zero-order valence-corrected chi connectivity index (χ0v) is 13.4. The van der Waals surface area contributed by atoms with Gasteiger partial charge in [-0.25, -0.2) is 0 Å². The molecule has 1 nitrogen and oxygen atoms in total. The van der Waals surface area contributed by atoms with E-state index in [2.05, 4.69) is 30.3 Å². The minimum atomic E-state index is 0.0762. The Morgan fingerprint density at radius 1 is 1.05 bits per heavy atom. The molecule has 3 heteroatoms. The molecule has 110 valence electrons. The van der Waals surface area contributed by atoms with Crippen molar-refractivity contribution in [3.63, 3.8) is 0 Å². The molecule has 0 heterocycles. The standard InChI is InChI=1S/C18H19Cl2N/c19-15-8-7-13(16(20)12-15)11-17(21)18(9-4-10-18)14-5-2-1-3-6-14/h1-3,5-8,12,17H,4,9-11,21H2. The zero-order chi connectivity index (χ0) is 14.9. The Labute approximate surface area is 136 Å². The fourth-order valence-electron chi connectivity index (χ4n) is 3.32. The van der Waals surface area contributed by atoms with Gasteiger partial charge >= 0.3 is 0 Å². The van der Waals surface area contributed by atoms with E-state index in [4.69, 9.17) is 28.9 Å². The Morgan fingerprint density at radius 2 is 1.76 bits per heavy atom. The second kappa shape index (κ2) is 6.00. The first-order valence-corrected chi connectivity index (χ1v) is 8.12. The van der Waals surface area contributed by atoms with Gasteiger partial charge in [-0.05, 0) is 42.5 Å². The summed E-state index contributed by atoms with van der Waals surface area (Å²) < 4.78 is 0. The highest BCUT2D eigenvalue weighted by atomic mass is 35.5. The molecule has 0 radical (unpaired) electrons. The summed E-state index contributed by atoms with van der Waals surface area (Å²) in [7, 11) is 0. The summed E-state index contributed by atoms with van der Waals surface area (Å²) in [5, 5.41) is 1.37. The van der Waals surface area contributed by atoms with Crippen molar-refractivity contribution in [1.82, 2.24) is 0 Å². The third-order valence-electron chi connectivity index (χ3n) is 4.76. The molecule has 1 aliphatic rings. The predicted octanol–water partition coefficient (Wildman–Crippen LogP) is 4.99. The lowest BCUT2D eigenvalue weighted by Gasteiger charge is -2.47. The molecule has 0 aromatic heterocycles. The molecule has 2 N–H and O–H groups in total. The van der Waals surface area contributed by atoms with Gasteiger partial charge in [0.1, 0.15) is 0 Å². The lowest BCUT2D eigenvalue weighted by molar-refractivity contribution is 0.194. The fourth-order valence-corrected chi connectivity index (χ4v) is 3.81. The summed E-state index contributed by atoms with van der Waals surface area (Å²) in [5.74, 6) is 0. The van der Waals surface area contributed by atoms with E-state index in [0.717, 1.165) is 24.8 Å². The van der Waals surface area contributed by atoms with Gasteiger partial charge in [-0.3, -0.25) is 0 Å². The summed E-state index contributed by atoms with van der Waals surface area (Å²) in [4.78, 5) is 0. The Morgan fingerprint density at radius 3 is 2.33 bits per heavy atom. The van der Waals surface area contributed by atoms with E-state index in [1.807, 2.05) is 12.1 Å². The predicted molar refractivity (Wildman–Crippen MR) is 90.1 cm³/mol. The second-order valence-corrected chi connectivity index (χ2v) is 6.77. The molecule has 1 fully saturated rings. The highest BCUT2D eigenvalue weighted by Crippen LogP contribution is 2.46. The van der Waals surface area contributed by atoms with Crippen LogP contribution in [0.3, 0.4) is 0 Å². The lowest BCUT2D eigenvalue weighted by atomic mass is 9.59. The molecule has 2 aromatic carbocycles. The van der Waals surface area contributed by atoms with Gasteiger partial charge in [-0.2, -0.15) is 0 Å². The van der Waals surface area contributed by atoms with Crippen molar-refractivity contribution in [1.29, 1.82) is 0 Å². The first-order chi connectivity index (χ1) is 10.1. The zero-order valence-electron chi connectivity index (χ0n) is 11.9. The summed E-state index contributed by atoms with van der Waals surface area (Å²) in [6.07, 6.45) is 4.34. The van der Waals surface area contributed by atoms with E-state index in [0.29, 0.717) is 10.0 Å². The minimum absolute atomic E-state index is 0.0762. The number of benzene rings is 2. The van der Waals surface area contributed by atoms with Crippen LogP contribution in [0.5, 0.6) is 0 Å². The van der Waals surface area contributed by atoms with Gasteiger partial charge < -0.3 is 5.73 Å². The van der Waals surface area contributed by atoms with Crippen LogP contribution in [-0.4, -0.2) is 6.04 Å². The van der Waals surface area contributed by atoms with Crippen molar-refractivity contribution >= 4 is 23.2 Å². The molecule has 0 saturated heterocycles. The molecule has 2 aromatic rings. The van der Waals surface area contributed by atoms with Crippen molar-refractivity contribution in [2.24, 2.45) is 5.73 Å². The highest BCUT2D eigenvalue weighted by Gasteiger charge is 2.43. The second-order valence-electron chi connectivity index (χ2n) is 5.92. The topological polar surface area (TPSA) is 26.0 Å². The van der Waals surface area contributed by atoms with E-state index >= 15 is 0 Å². The Kier molecular flexibility index (Phi) is 4.26. The number of halogens is 2. The SMILES string of the molecule is NC(Cc1ccc(Cl)cc1Cl)C1(c2ccccc2)CCC1. The summed E-state index contributed by atoms with van der Waals surface area (Å²) >= 11 is 12.3. The number of nitrogens with two attached hydrogens (primary N) is 1. The molecule has 1 saturated carbocycles. The molecule has 1 aliphatic carbocycles. The monoisotopic (exact) mass is 319 g/mol. The smallest absolute Gasteiger partial charge is 0.0453 e. The molecule has 0 bridgehead atoms. The van der Waals surface area contributed by atoms with Crippen LogP contribution >= 0.6 is 23.2 Å². The molecule has 3 rings (SSSR count). The summed E-state index contributed by atoms with van der Waals surface area (Å²) in [6, 6.07) is 16.4. The van der Waals surface area contributed by atoms with Crippen LogP contribution in [0.4, 0.5) is 0 Å². The quantitative estimate of drug-likeness (QED) is 0.844. The van der Waals surface area contributed by atoms with E-state index < -0.39 is 0 Å². The average Bonchev–Trinajstić information content (AvgIpc) is 2.42. The van der Waals surface area contributed by atoms with Gasteiger partial charge in [-0.1, -0.05) is 66.0 Å². The minimum Gasteiger partial charge on any atom is -0.327 e. The van der Waals surface area contributed by atoms with Crippen LogP contribution in [0, 0.1) is 0 Å².